The van der Waals surface area contributed by atoms with E-state index in [1.807, 2.05) is 39.0 Å². The van der Waals surface area contributed by atoms with Gasteiger partial charge in [0.2, 0.25) is 5.91 Å². The Morgan fingerprint density at radius 1 is 1.38 bits per heavy atom. The molecule has 1 atom stereocenters. The molecule has 1 aromatic carbocycles. The van der Waals surface area contributed by atoms with E-state index in [9.17, 15) is 4.79 Å². The molecule has 0 bridgehead atoms. The molecule has 1 aliphatic rings. The molecule has 26 heavy (non-hydrogen) atoms. The Balaban J connectivity index is 0.00000338. The summed E-state index contributed by atoms with van der Waals surface area (Å²) < 4.78 is 0. The van der Waals surface area contributed by atoms with Crippen LogP contribution in [0.3, 0.4) is 0 Å². The standard InChI is InChI=1S/C18H28ClN5O.HI/c1-18(2,3)23-16(25)11-21-17(20-4)22-14-8-9-24(12-14)15-7-5-6-13(19)10-15;/h5-7,10,14H,8-9,11-12H2,1-4H3,(H,23,25)(H2,20,21,22);1H. The lowest BCUT2D eigenvalue weighted by atomic mass is 10.1. The third-order valence-corrected chi connectivity index (χ3v) is 4.09. The van der Waals surface area contributed by atoms with Crippen LogP contribution < -0.4 is 20.9 Å². The van der Waals surface area contributed by atoms with Gasteiger partial charge in [-0.05, 0) is 45.4 Å². The molecule has 1 unspecified atom stereocenters. The van der Waals surface area contributed by atoms with Gasteiger partial charge in [0.15, 0.2) is 5.96 Å². The summed E-state index contributed by atoms with van der Waals surface area (Å²) in [5.74, 6) is 0.587. The number of halogens is 2. The van der Waals surface area contributed by atoms with E-state index in [0.717, 1.165) is 30.2 Å². The van der Waals surface area contributed by atoms with Crippen molar-refractivity contribution in [2.24, 2.45) is 4.99 Å². The Hall–Kier alpha value is -1.22. The van der Waals surface area contributed by atoms with Gasteiger partial charge in [0, 0.05) is 42.4 Å². The third kappa shape index (κ3) is 7.57. The fourth-order valence-electron chi connectivity index (χ4n) is 2.80. The molecule has 6 nitrogen and oxygen atoms in total. The summed E-state index contributed by atoms with van der Waals surface area (Å²) in [7, 11) is 1.71. The van der Waals surface area contributed by atoms with Crippen molar-refractivity contribution in [2.75, 3.05) is 31.6 Å². The van der Waals surface area contributed by atoms with Crippen molar-refractivity contribution in [3.8, 4) is 0 Å². The average Bonchev–Trinajstić information content (AvgIpc) is 2.98. The van der Waals surface area contributed by atoms with Crippen molar-refractivity contribution >= 4 is 53.1 Å². The highest BCUT2D eigenvalue weighted by molar-refractivity contribution is 14.0. The predicted molar refractivity (Wildman–Crippen MR) is 120 cm³/mol. The first kappa shape index (κ1) is 22.8. The van der Waals surface area contributed by atoms with Gasteiger partial charge in [-0.15, -0.1) is 24.0 Å². The highest BCUT2D eigenvalue weighted by Gasteiger charge is 2.24. The minimum atomic E-state index is -0.237. The van der Waals surface area contributed by atoms with E-state index in [4.69, 9.17) is 11.6 Å². The summed E-state index contributed by atoms with van der Waals surface area (Å²) >= 11 is 6.07. The second kappa shape index (κ2) is 10.2. The van der Waals surface area contributed by atoms with Crippen molar-refractivity contribution in [3.05, 3.63) is 29.3 Å². The van der Waals surface area contributed by atoms with Crippen molar-refractivity contribution in [3.63, 3.8) is 0 Å². The van der Waals surface area contributed by atoms with Crippen LogP contribution in [-0.4, -0.2) is 50.1 Å². The van der Waals surface area contributed by atoms with Crippen LogP contribution in [0.15, 0.2) is 29.3 Å². The number of rotatable bonds is 4. The summed E-state index contributed by atoms with van der Waals surface area (Å²) in [5.41, 5.74) is 0.892. The van der Waals surface area contributed by atoms with Crippen LogP contribution in [0.25, 0.3) is 0 Å². The van der Waals surface area contributed by atoms with Crippen molar-refractivity contribution in [1.82, 2.24) is 16.0 Å². The Morgan fingerprint density at radius 2 is 2.12 bits per heavy atom. The minimum Gasteiger partial charge on any atom is -0.369 e. The van der Waals surface area contributed by atoms with Gasteiger partial charge in [-0.1, -0.05) is 17.7 Å². The van der Waals surface area contributed by atoms with Crippen LogP contribution in [0, 0.1) is 0 Å². The Kier molecular flexibility index (Phi) is 8.95. The maximum atomic E-state index is 11.9. The number of hydrogen-bond acceptors (Lipinski definition) is 3. The predicted octanol–water partition coefficient (Wildman–Crippen LogP) is 2.62. The van der Waals surface area contributed by atoms with Gasteiger partial charge >= 0.3 is 0 Å². The van der Waals surface area contributed by atoms with Crippen molar-refractivity contribution in [1.29, 1.82) is 0 Å². The molecule has 1 amide bonds. The fourth-order valence-corrected chi connectivity index (χ4v) is 2.98. The lowest BCUT2D eigenvalue weighted by molar-refractivity contribution is -0.121. The molecular formula is C18H29ClIN5O. The number of benzene rings is 1. The lowest BCUT2D eigenvalue weighted by Crippen LogP contribution is -2.50. The smallest absolute Gasteiger partial charge is 0.239 e. The number of hydrogen-bond donors (Lipinski definition) is 3. The number of nitrogens with zero attached hydrogens (tertiary/aromatic N) is 2. The summed E-state index contributed by atoms with van der Waals surface area (Å²) in [6.07, 6.45) is 1.00. The maximum Gasteiger partial charge on any atom is 0.239 e. The molecule has 0 saturated carbocycles. The summed E-state index contributed by atoms with van der Waals surface area (Å²) in [6.45, 7) is 7.90. The highest BCUT2D eigenvalue weighted by atomic mass is 127. The van der Waals surface area contributed by atoms with E-state index >= 15 is 0 Å². The summed E-state index contributed by atoms with van der Waals surface area (Å²) in [6, 6.07) is 8.17. The molecule has 1 aliphatic heterocycles. The average molecular weight is 494 g/mol. The van der Waals surface area contributed by atoms with Crippen molar-refractivity contribution in [2.45, 2.75) is 38.8 Å². The molecule has 146 valence electrons. The van der Waals surface area contributed by atoms with E-state index in [1.165, 1.54) is 0 Å². The van der Waals surface area contributed by atoms with E-state index in [2.05, 4.69) is 31.9 Å². The highest BCUT2D eigenvalue weighted by Crippen LogP contribution is 2.23. The number of nitrogens with one attached hydrogen (secondary N) is 3. The van der Waals surface area contributed by atoms with Crippen LogP contribution in [0.5, 0.6) is 0 Å². The number of aliphatic imine (C=N–C) groups is 1. The van der Waals surface area contributed by atoms with Crippen LogP contribution in [0.4, 0.5) is 5.69 Å². The second-order valence-electron chi connectivity index (χ2n) is 7.28. The van der Waals surface area contributed by atoms with Gasteiger partial charge in [0.05, 0.1) is 6.54 Å². The Morgan fingerprint density at radius 3 is 2.73 bits per heavy atom. The van der Waals surface area contributed by atoms with Crippen molar-refractivity contribution < 1.29 is 4.79 Å². The molecule has 3 N–H and O–H groups in total. The first-order valence-corrected chi connectivity index (χ1v) is 8.93. The number of carbonyl (C=O) groups excluding carboxylic acids is 1. The molecule has 8 heteroatoms. The molecular weight excluding hydrogens is 465 g/mol. The molecule has 1 aromatic rings. The van der Waals surface area contributed by atoms with Gasteiger partial charge < -0.3 is 20.9 Å². The van der Waals surface area contributed by atoms with Gasteiger partial charge in [0.25, 0.3) is 0 Å². The topological polar surface area (TPSA) is 68.8 Å². The fraction of sp³-hybridized carbons (Fsp3) is 0.556. The summed E-state index contributed by atoms with van der Waals surface area (Å²) in [5, 5.41) is 10.1. The maximum absolute atomic E-state index is 11.9. The van der Waals surface area contributed by atoms with Gasteiger partial charge in [0.1, 0.15) is 0 Å². The Labute approximate surface area is 178 Å². The number of anilines is 1. The van der Waals surface area contributed by atoms with Crippen LogP contribution in [0.1, 0.15) is 27.2 Å². The largest absolute Gasteiger partial charge is 0.369 e. The minimum absolute atomic E-state index is 0. The first-order chi connectivity index (χ1) is 11.8. The zero-order valence-corrected chi connectivity index (χ0v) is 18.9. The SMILES string of the molecule is CN=C(NCC(=O)NC(C)(C)C)NC1CCN(c2cccc(Cl)c2)C1.I. The number of amides is 1. The first-order valence-electron chi connectivity index (χ1n) is 8.55. The van der Waals surface area contributed by atoms with Crippen LogP contribution in [0.2, 0.25) is 5.02 Å². The Bertz CT molecular complexity index is 632. The van der Waals surface area contributed by atoms with Gasteiger partial charge in [-0.3, -0.25) is 9.79 Å². The van der Waals surface area contributed by atoms with E-state index in [0.29, 0.717) is 5.96 Å². The molecule has 2 rings (SSSR count). The molecule has 1 fully saturated rings. The van der Waals surface area contributed by atoms with Crippen LogP contribution in [-0.2, 0) is 4.79 Å². The molecule has 0 spiro atoms. The van der Waals surface area contributed by atoms with E-state index in [1.54, 1.807) is 7.05 Å². The lowest BCUT2D eigenvalue weighted by Gasteiger charge is -2.22. The third-order valence-electron chi connectivity index (χ3n) is 3.86. The van der Waals surface area contributed by atoms with Gasteiger partial charge in [-0.2, -0.15) is 0 Å². The summed E-state index contributed by atoms with van der Waals surface area (Å²) in [4.78, 5) is 18.4. The van der Waals surface area contributed by atoms with E-state index in [-0.39, 0.29) is 48.0 Å². The monoisotopic (exact) mass is 493 g/mol. The molecule has 0 radical (unpaired) electrons. The normalized spacial score (nSPS) is 17.5. The molecule has 1 saturated heterocycles. The molecule has 0 aromatic heterocycles. The number of carbonyl (C=O) groups is 1. The number of guanidine groups is 1. The zero-order valence-electron chi connectivity index (χ0n) is 15.8. The second-order valence-corrected chi connectivity index (χ2v) is 7.72. The molecule has 1 heterocycles. The van der Waals surface area contributed by atoms with Gasteiger partial charge in [-0.25, -0.2) is 0 Å². The quantitative estimate of drug-likeness (QED) is 0.343. The van der Waals surface area contributed by atoms with E-state index < -0.39 is 0 Å². The molecule has 0 aliphatic carbocycles. The zero-order chi connectivity index (χ0) is 18.4. The van der Waals surface area contributed by atoms with Crippen LogP contribution >= 0.6 is 35.6 Å².